The average Bonchev–Trinajstić information content (AvgIpc) is 2.84. The number of hydrogen-bond acceptors (Lipinski definition) is 3. The number of benzene rings is 1. The van der Waals surface area contributed by atoms with Gasteiger partial charge in [0.1, 0.15) is 4.99 Å². The summed E-state index contributed by atoms with van der Waals surface area (Å²) in [6.07, 6.45) is 3.71. The summed E-state index contributed by atoms with van der Waals surface area (Å²) in [5.74, 6) is 0. The molecule has 0 amide bonds. The van der Waals surface area contributed by atoms with Gasteiger partial charge in [-0.05, 0) is 24.6 Å². The first-order chi connectivity index (χ1) is 8.68. The molecule has 2 rings (SSSR count). The molecule has 0 saturated heterocycles. The number of nitrogens with one attached hydrogen (secondary N) is 1. The monoisotopic (exact) mass is 260 g/mol. The van der Waals surface area contributed by atoms with Crippen molar-refractivity contribution in [1.29, 1.82) is 0 Å². The summed E-state index contributed by atoms with van der Waals surface area (Å²) in [5.41, 5.74) is 8.77. The van der Waals surface area contributed by atoms with E-state index in [9.17, 15) is 0 Å². The molecule has 0 aliphatic rings. The van der Waals surface area contributed by atoms with Gasteiger partial charge in [-0.1, -0.05) is 24.4 Å². The molecule has 0 aliphatic carbocycles. The average molecular weight is 260 g/mol. The normalized spacial score (nSPS) is 10.3. The summed E-state index contributed by atoms with van der Waals surface area (Å²) >= 11 is 5.06. The Morgan fingerprint density at radius 1 is 1.44 bits per heavy atom. The molecule has 2 aromatic rings. The van der Waals surface area contributed by atoms with Gasteiger partial charge in [0.15, 0.2) is 0 Å². The summed E-state index contributed by atoms with van der Waals surface area (Å²) in [4.78, 5) is 0.417. The molecule has 0 radical (unpaired) electrons. The zero-order chi connectivity index (χ0) is 13.0. The van der Waals surface area contributed by atoms with Gasteiger partial charge in [-0.2, -0.15) is 5.10 Å². The smallest absolute Gasteiger partial charge is 0.106 e. The molecule has 1 aromatic carbocycles. The fourth-order valence-corrected chi connectivity index (χ4v) is 2.01. The Morgan fingerprint density at radius 2 is 2.28 bits per heavy atom. The Morgan fingerprint density at radius 3 is 2.94 bits per heavy atom. The van der Waals surface area contributed by atoms with Gasteiger partial charge in [0.25, 0.3) is 0 Å². The first-order valence-corrected chi connectivity index (χ1v) is 6.20. The maximum atomic E-state index is 5.72. The number of nitrogens with two attached hydrogens (primary N) is 1. The van der Waals surface area contributed by atoms with E-state index in [1.54, 1.807) is 6.20 Å². The number of aromatic nitrogens is 2. The van der Waals surface area contributed by atoms with Gasteiger partial charge < -0.3 is 11.1 Å². The fourth-order valence-electron chi connectivity index (χ4n) is 1.84. The lowest BCUT2D eigenvalue weighted by molar-refractivity contribution is 0.637. The Labute approximate surface area is 112 Å². The van der Waals surface area contributed by atoms with Crippen molar-refractivity contribution in [1.82, 2.24) is 9.78 Å². The second-order valence-electron chi connectivity index (χ2n) is 4.06. The van der Waals surface area contributed by atoms with E-state index in [0.717, 1.165) is 29.9 Å². The van der Waals surface area contributed by atoms with Crippen LogP contribution in [0.25, 0.3) is 0 Å². The van der Waals surface area contributed by atoms with Crippen molar-refractivity contribution < 1.29 is 0 Å². The van der Waals surface area contributed by atoms with Crippen LogP contribution < -0.4 is 11.1 Å². The highest BCUT2D eigenvalue weighted by atomic mass is 32.1. The highest BCUT2D eigenvalue weighted by Gasteiger charge is 2.06. The van der Waals surface area contributed by atoms with Crippen molar-refractivity contribution >= 4 is 22.9 Å². The van der Waals surface area contributed by atoms with Crippen LogP contribution in [0.1, 0.15) is 11.1 Å². The van der Waals surface area contributed by atoms with E-state index in [1.807, 2.05) is 42.1 Å². The molecule has 5 heteroatoms. The van der Waals surface area contributed by atoms with Gasteiger partial charge in [0, 0.05) is 30.2 Å². The molecule has 0 saturated carbocycles. The minimum absolute atomic E-state index is 0.417. The van der Waals surface area contributed by atoms with Crippen molar-refractivity contribution in [3.05, 3.63) is 47.8 Å². The van der Waals surface area contributed by atoms with Gasteiger partial charge in [0.05, 0.1) is 6.54 Å². The summed E-state index contributed by atoms with van der Waals surface area (Å²) in [6.45, 7) is 3.62. The van der Waals surface area contributed by atoms with E-state index in [1.165, 1.54) is 0 Å². The number of thiocarbonyl (C=S) groups is 1. The van der Waals surface area contributed by atoms with Gasteiger partial charge in [0.2, 0.25) is 0 Å². The van der Waals surface area contributed by atoms with E-state index in [0.29, 0.717) is 4.99 Å². The quantitative estimate of drug-likeness (QED) is 0.807. The fraction of sp³-hybridized carbons (Fsp3) is 0.231. The number of nitrogens with zero attached hydrogens (tertiary/aromatic N) is 2. The lowest BCUT2D eigenvalue weighted by atomic mass is 10.1. The van der Waals surface area contributed by atoms with Gasteiger partial charge >= 0.3 is 0 Å². The molecular weight excluding hydrogens is 244 g/mol. The highest BCUT2D eigenvalue weighted by molar-refractivity contribution is 7.80. The summed E-state index contributed by atoms with van der Waals surface area (Å²) in [6, 6.07) is 7.85. The maximum absolute atomic E-state index is 5.72. The molecule has 0 fully saturated rings. The summed E-state index contributed by atoms with van der Waals surface area (Å²) in [7, 11) is 0. The molecule has 94 valence electrons. The van der Waals surface area contributed by atoms with E-state index < -0.39 is 0 Å². The number of anilines is 1. The molecule has 0 aliphatic heterocycles. The van der Waals surface area contributed by atoms with E-state index in [-0.39, 0.29) is 0 Å². The lowest BCUT2D eigenvalue weighted by Crippen LogP contribution is -2.17. The Kier molecular flexibility index (Phi) is 3.94. The molecule has 1 aromatic heterocycles. The third kappa shape index (κ3) is 2.87. The molecule has 3 N–H and O–H groups in total. The first-order valence-electron chi connectivity index (χ1n) is 5.79. The van der Waals surface area contributed by atoms with Crippen molar-refractivity contribution in [3.63, 3.8) is 0 Å². The molecular formula is C13H16N4S. The van der Waals surface area contributed by atoms with Gasteiger partial charge in [-0.25, -0.2) is 0 Å². The largest absolute Gasteiger partial charge is 0.389 e. The minimum Gasteiger partial charge on any atom is -0.389 e. The molecule has 0 unspecified atom stereocenters. The van der Waals surface area contributed by atoms with Crippen LogP contribution in [-0.4, -0.2) is 21.3 Å². The van der Waals surface area contributed by atoms with Gasteiger partial charge in [-0.15, -0.1) is 0 Å². The van der Waals surface area contributed by atoms with Crippen LogP contribution in [0.3, 0.4) is 0 Å². The van der Waals surface area contributed by atoms with Crippen molar-refractivity contribution in [3.8, 4) is 0 Å². The van der Waals surface area contributed by atoms with E-state index in [4.69, 9.17) is 18.0 Å². The second-order valence-corrected chi connectivity index (χ2v) is 4.50. The van der Waals surface area contributed by atoms with Crippen LogP contribution in [0.5, 0.6) is 0 Å². The Hall–Kier alpha value is -1.88. The summed E-state index contributed by atoms with van der Waals surface area (Å²) < 4.78 is 1.88. The number of para-hydroxylation sites is 1. The topological polar surface area (TPSA) is 55.9 Å². The standard InChI is InChI=1S/C13H16N4S/c1-10-4-2-5-11(13(14)18)12(10)15-7-9-17-8-3-6-16-17/h2-6,8,15H,7,9H2,1H3,(H2,14,18). The Bertz CT molecular complexity index is 534. The van der Waals surface area contributed by atoms with Crippen LogP contribution >= 0.6 is 12.2 Å². The third-order valence-corrected chi connectivity index (χ3v) is 2.96. The van der Waals surface area contributed by atoms with Crippen LogP contribution in [-0.2, 0) is 6.54 Å². The Balaban J connectivity index is 2.06. The van der Waals surface area contributed by atoms with Crippen molar-refractivity contribution in [2.24, 2.45) is 5.73 Å². The molecule has 0 atom stereocenters. The van der Waals surface area contributed by atoms with Crippen LogP contribution in [0, 0.1) is 6.92 Å². The first kappa shape index (κ1) is 12.6. The van der Waals surface area contributed by atoms with Crippen LogP contribution in [0.2, 0.25) is 0 Å². The zero-order valence-corrected chi connectivity index (χ0v) is 11.1. The number of hydrogen-bond donors (Lipinski definition) is 2. The van der Waals surface area contributed by atoms with Crippen LogP contribution in [0.15, 0.2) is 36.7 Å². The number of aryl methyl sites for hydroxylation is 1. The second kappa shape index (κ2) is 5.64. The zero-order valence-electron chi connectivity index (χ0n) is 10.3. The van der Waals surface area contributed by atoms with E-state index >= 15 is 0 Å². The SMILES string of the molecule is Cc1cccc(C(N)=S)c1NCCn1cccn1. The predicted octanol–water partition coefficient (Wildman–Crippen LogP) is 1.94. The van der Waals surface area contributed by atoms with Crippen molar-refractivity contribution in [2.75, 3.05) is 11.9 Å². The van der Waals surface area contributed by atoms with Crippen molar-refractivity contribution in [2.45, 2.75) is 13.5 Å². The highest BCUT2D eigenvalue weighted by Crippen LogP contribution is 2.20. The molecule has 18 heavy (non-hydrogen) atoms. The van der Waals surface area contributed by atoms with E-state index in [2.05, 4.69) is 10.4 Å². The summed E-state index contributed by atoms with van der Waals surface area (Å²) in [5, 5.41) is 7.53. The number of rotatable bonds is 5. The van der Waals surface area contributed by atoms with Crippen LogP contribution in [0.4, 0.5) is 5.69 Å². The lowest BCUT2D eigenvalue weighted by Gasteiger charge is -2.14. The molecule has 0 bridgehead atoms. The maximum Gasteiger partial charge on any atom is 0.106 e. The molecule has 0 spiro atoms. The minimum atomic E-state index is 0.417. The molecule has 1 heterocycles. The predicted molar refractivity (Wildman–Crippen MR) is 77.8 cm³/mol. The third-order valence-electron chi connectivity index (χ3n) is 2.74. The molecule has 4 nitrogen and oxygen atoms in total. The van der Waals surface area contributed by atoms with Gasteiger partial charge in [-0.3, -0.25) is 4.68 Å².